The number of aromatic amines is 1. The van der Waals surface area contributed by atoms with E-state index in [9.17, 15) is 4.21 Å². The molecule has 112 valence electrons. The summed E-state index contributed by atoms with van der Waals surface area (Å²) in [6.07, 6.45) is 3.78. The fourth-order valence-electron chi connectivity index (χ4n) is 3.50. The van der Waals surface area contributed by atoms with E-state index in [1.165, 1.54) is 0 Å². The third kappa shape index (κ3) is 1.91. The molecule has 3 heterocycles. The molecule has 21 heavy (non-hydrogen) atoms. The van der Waals surface area contributed by atoms with Crippen LogP contribution in [0.4, 0.5) is 11.8 Å². The van der Waals surface area contributed by atoms with Crippen molar-refractivity contribution in [1.29, 1.82) is 0 Å². The fraction of sp³-hybridized carbons (Fsp3) is 0.583. The van der Waals surface area contributed by atoms with Gasteiger partial charge in [0.1, 0.15) is 0 Å². The van der Waals surface area contributed by atoms with Crippen LogP contribution < -0.4 is 10.6 Å². The van der Waals surface area contributed by atoms with E-state index >= 15 is 0 Å². The van der Waals surface area contributed by atoms with Gasteiger partial charge in [-0.1, -0.05) is 0 Å². The molecule has 1 aliphatic heterocycles. The molecule has 3 N–H and O–H groups in total. The highest BCUT2D eigenvalue weighted by Gasteiger charge is 2.54. The number of hydrogen-bond donors (Lipinski definition) is 3. The molecule has 2 aromatic heterocycles. The molecule has 0 amide bonds. The summed E-state index contributed by atoms with van der Waals surface area (Å²) < 4.78 is 12.7. The van der Waals surface area contributed by atoms with E-state index in [4.69, 9.17) is 5.73 Å². The molecule has 2 aliphatic rings. The van der Waals surface area contributed by atoms with Crippen LogP contribution in [-0.4, -0.2) is 54.6 Å². The number of anilines is 2. The SMILES string of the molecule is CN([SH]=O)C1CC2(C1)CN(c1nc(N)nc3[nH]cnc13)C2. The molecule has 1 aliphatic carbocycles. The van der Waals surface area contributed by atoms with Crippen molar-refractivity contribution < 1.29 is 4.21 Å². The van der Waals surface area contributed by atoms with Crippen LogP contribution in [-0.2, 0) is 11.9 Å². The number of thiol groups is 1. The second kappa shape index (κ2) is 4.38. The van der Waals surface area contributed by atoms with Crippen LogP contribution >= 0.6 is 0 Å². The van der Waals surface area contributed by atoms with Crippen molar-refractivity contribution in [1.82, 2.24) is 24.2 Å². The van der Waals surface area contributed by atoms with Crippen molar-refractivity contribution in [3.05, 3.63) is 6.33 Å². The summed E-state index contributed by atoms with van der Waals surface area (Å²) in [5, 5.41) is 0. The van der Waals surface area contributed by atoms with Crippen LogP contribution in [0.1, 0.15) is 12.8 Å². The lowest BCUT2D eigenvalue weighted by Gasteiger charge is -2.60. The second-order valence-corrected chi connectivity index (χ2v) is 6.87. The third-order valence-electron chi connectivity index (χ3n) is 4.62. The molecule has 8 nitrogen and oxygen atoms in total. The van der Waals surface area contributed by atoms with E-state index in [0.29, 0.717) is 17.1 Å². The Hall–Kier alpha value is -1.74. The molecular weight excluding hydrogens is 290 g/mol. The quantitative estimate of drug-likeness (QED) is 0.672. The molecule has 1 saturated carbocycles. The monoisotopic (exact) mass is 307 g/mol. The number of H-pyrrole nitrogens is 1. The van der Waals surface area contributed by atoms with Gasteiger partial charge in [0.05, 0.1) is 18.2 Å². The lowest BCUT2D eigenvalue weighted by atomic mass is 9.60. The Bertz CT molecular complexity index is 703. The maximum atomic E-state index is 10.9. The number of nitrogens with one attached hydrogen (secondary N) is 1. The second-order valence-electron chi connectivity index (χ2n) is 6.08. The zero-order valence-electron chi connectivity index (χ0n) is 11.7. The van der Waals surface area contributed by atoms with E-state index in [0.717, 1.165) is 37.3 Å². The summed E-state index contributed by atoms with van der Waals surface area (Å²) in [4.78, 5) is 17.9. The first kappa shape index (κ1) is 13.0. The first-order valence-electron chi connectivity index (χ1n) is 6.88. The van der Waals surface area contributed by atoms with Gasteiger partial charge >= 0.3 is 0 Å². The predicted molar refractivity (Wildman–Crippen MR) is 81.1 cm³/mol. The van der Waals surface area contributed by atoms with Crippen LogP contribution in [0, 0.1) is 5.41 Å². The largest absolute Gasteiger partial charge is 0.368 e. The van der Waals surface area contributed by atoms with Crippen molar-refractivity contribution in [3.63, 3.8) is 0 Å². The van der Waals surface area contributed by atoms with Gasteiger partial charge < -0.3 is 15.6 Å². The number of nitrogens with zero attached hydrogens (tertiary/aromatic N) is 5. The topological polar surface area (TPSA) is 104 Å². The average molecular weight is 307 g/mol. The van der Waals surface area contributed by atoms with Gasteiger partial charge in [-0.3, -0.25) is 0 Å². The zero-order chi connectivity index (χ0) is 14.6. The molecule has 1 spiro atoms. The van der Waals surface area contributed by atoms with Crippen molar-refractivity contribution in [3.8, 4) is 0 Å². The lowest BCUT2D eigenvalue weighted by molar-refractivity contribution is 0.0232. The number of aromatic nitrogens is 4. The minimum Gasteiger partial charge on any atom is -0.368 e. The highest BCUT2D eigenvalue weighted by atomic mass is 32.2. The van der Waals surface area contributed by atoms with Gasteiger partial charge in [-0.05, 0) is 19.9 Å². The van der Waals surface area contributed by atoms with Crippen LogP contribution in [0.15, 0.2) is 6.33 Å². The van der Waals surface area contributed by atoms with Crippen molar-refractivity contribution in [2.24, 2.45) is 5.41 Å². The molecule has 0 unspecified atom stereocenters. The smallest absolute Gasteiger partial charge is 0.224 e. The number of imidazole rings is 1. The maximum Gasteiger partial charge on any atom is 0.224 e. The van der Waals surface area contributed by atoms with Crippen LogP contribution in [0.3, 0.4) is 0 Å². The Morgan fingerprint density at radius 3 is 2.95 bits per heavy atom. The Morgan fingerprint density at radius 2 is 2.24 bits per heavy atom. The van der Waals surface area contributed by atoms with Crippen molar-refractivity contribution in [2.75, 3.05) is 30.8 Å². The molecule has 2 fully saturated rings. The Balaban J connectivity index is 1.51. The van der Waals surface area contributed by atoms with Crippen LogP contribution in [0.25, 0.3) is 11.2 Å². The van der Waals surface area contributed by atoms with E-state index in [2.05, 4.69) is 24.8 Å². The summed E-state index contributed by atoms with van der Waals surface area (Å²) in [7, 11) is 1.89. The van der Waals surface area contributed by atoms with Crippen molar-refractivity contribution in [2.45, 2.75) is 18.9 Å². The predicted octanol–water partition coefficient (Wildman–Crippen LogP) is -0.304. The fourth-order valence-corrected chi connectivity index (χ4v) is 3.80. The van der Waals surface area contributed by atoms with E-state index < -0.39 is 0 Å². The number of nitrogen functional groups attached to an aromatic ring is 1. The summed E-state index contributed by atoms with van der Waals surface area (Å²) in [5.41, 5.74) is 7.54. The van der Waals surface area contributed by atoms with Crippen molar-refractivity contribution >= 4 is 34.8 Å². The number of hydrogen-bond acceptors (Lipinski definition) is 6. The van der Waals surface area contributed by atoms with Crippen LogP contribution in [0.2, 0.25) is 0 Å². The molecule has 0 bridgehead atoms. The normalized spacial score (nSPS) is 21.0. The minimum atomic E-state index is 0.105. The van der Waals surface area contributed by atoms with E-state index in [1.807, 2.05) is 11.4 Å². The molecule has 4 rings (SSSR count). The molecule has 1 saturated heterocycles. The lowest BCUT2D eigenvalue weighted by Crippen LogP contribution is -2.66. The Kier molecular flexibility index (Phi) is 2.70. The third-order valence-corrected chi connectivity index (χ3v) is 5.21. The zero-order valence-corrected chi connectivity index (χ0v) is 12.5. The highest BCUT2D eigenvalue weighted by molar-refractivity contribution is 7.62. The first-order chi connectivity index (χ1) is 10.1. The van der Waals surface area contributed by atoms with Gasteiger partial charge in [-0.25, -0.2) is 13.5 Å². The molecule has 0 atom stereocenters. The highest BCUT2D eigenvalue weighted by Crippen LogP contribution is 2.51. The van der Waals surface area contributed by atoms with Gasteiger partial charge in [0.2, 0.25) is 5.95 Å². The summed E-state index contributed by atoms with van der Waals surface area (Å²) >= 11 is 0.105. The number of fused-ring (bicyclic) bond motifs is 1. The standard InChI is InChI=1S/C12H17N7OS/c1-18(21-20)7-2-12(3-7)4-19(5-12)10-8-9(15-6-14-8)16-11(13)17-10/h6-7,21H,2-5H2,1H3,(H3,13,14,15,16,17). The van der Waals surface area contributed by atoms with Gasteiger partial charge in [0.15, 0.2) is 17.0 Å². The molecule has 0 aromatic carbocycles. The number of nitrogens with two attached hydrogens (primary N) is 1. The van der Waals surface area contributed by atoms with E-state index in [-0.39, 0.29) is 17.8 Å². The maximum absolute atomic E-state index is 10.9. The molecule has 0 radical (unpaired) electrons. The Labute approximate surface area is 125 Å². The Morgan fingerprint density at radius 1 is 1.48 bits per heavy atom. The minimum absolute atomic E-state index is 0.105. The van der Waals surface area contributed by atoms with E-state index in [1.54, 1.807) is 6.33 Å². The summed E-state index contributed by atoms with van der Waals surface area (Å²) in [6.45, 7) is 1.90. The van der Waals surface area contributed by atoms with Gasteiger partial charge in [0, 0.05) is 24.5 Å². The summed E-state index contributed by atoms with van der Waals surface area (Å²) in [5.74, 6) is 1.07. The molecule has 2 aromatic rings. The van der Waals surface area contributed by atoms with Gasteiger partial charge in [-0.2, -0.15) is 9.97 Å². The number of rotatable bonds is 3. The average Bonchev–Trinajstić information content (AvgIpc) is 2.82. The molecule has 9 heteroatoms. The molecular formula is C12H17N7OS. The summed E-state index contributed by atoms with van der Waals surface area (Å²) in [6, 6.07) is 0.423. The van der Waals surface area contributed by atoms with Gasteiger partial charge in [-0.15, -0.1) is 0 Å². The van der Waals surface area contributed by atoms with Gasteiger partial charge in [0.25, 0.3) is 0 Å². The first-order valence-corrected chi connectivity index (χ1v) is 7.64. The van der Waals surface area contributed by atoms with Crippen LogP contribution in [0.5, 0.6) is 0 Å².